The van der Waals surface area contributed by atoms with Crippen molar-refractivity contribution in [3.63, 3.8) is 0 Å². The standard InChI is InChI=1S/C12H21NO/c1-9(8-14-2)13-7-12-6-10-3-4-11(12)5-10/h3-4,9-13H,5-8H2,1-2H3. The molecule has 4 atom stereocenters. The first-order valence-corrected chi connectivity index (χ1v) is 5.70. The van der Waals surface area contributed by atoms with E-state index in [1.54, 1.807) is 7.11 Å². The fourth-order valence-electron chi connectivity index (χ4n) is 2.79. The van der Waals surface area contributed by atoms with Gasteiger partial charge in [-0.3, -0.25) is 0 Å². The van der Waals surface area contributed by atoms with Crippen LogP contribution in [0.5, 0.6) is 0 Å². The summed E-state index contributed by atoms with van der Waals surface area (Å²) >= 11 is 0. The zero-order chi connectivity index (χ0) is 9.97. The zero-order valence-corrected chi connectivity index (χ0v) is 9.20. The molecule has 2 heteroatoms. The first-order valence-electron chi connectivity index (χ1n) is 5.70. The van der Waals surface area contributed by atoms with Gasteiger partial charge in [0.1, 0.15) is 0 Å². The number of rotatable bonds is 5. The number of hydrogen-bond acceptors (Lipinski definition) is 2. The van der Waals surface area contributed by atoms with E-state index in [1.165, 1.54) is 12.8 Å². The van der Waals surface area contributed by atoms with Crippen LogP contribution in [0.25, 0.3) is 0 Å². The van der Waals surface area contributed by atoms with Gasteiger partial charge in [-0.15, -0.1) is 0 Å². The van der Waals surface area contributed by atoms with Crippen LogP contribution < -0.4 is 5.32 Å². The molecule has 0 aromatic carbocycles. The Balaban J connectivity index is 1.69. The molecule has 2 aliphatic rings. The largest absolute Gasteiger partial charge is 0.383 e. The van der Waals surface area contributed by atoms with Crippen molar-refractivity contribution in [2.24, 2.45) is 17.8 Å². The highest BCUT2D eigenvalue weighted by atomic mass is 16.5. The van der Waals surface area contributed by atoms with Gasteiger partial charge in [0.25, 0.3) is 0 Å². The Hall–Kier alpha value is -0.340. The van der Waals surface area contributed by atoms with Crippen LogP contribution in [0.2, 0.25) is 0 Å². The molecule has 0 heterocycles. The Morgan fingerprint density at radius 3 is 2.86 bits per heavy atom. The predicted molar refractivity (Wildman–Crippen MR) is 58.2 cm³/mol. The van der Waals surface area contributed by atoms with Gasteiger partial charge in [0.15, 0.2) is 0 Å². The molecule has 80 valence electrons. The van der Waals surface area contributed by atoms with Gasteiger partial charge < -0.3 is 10.1 Å². The quantitative estimate of drug-likeness (QED) is 0.676. The van der Waals surface area contributed by atoms with Crippen LogP contribution in [0.3, 0.4) is 0 Å². The van der Waals surface area contributed by atoms with E-state index in [-0.39, 0.29) is 0 Å². The maximum absolute atomic E-state index is 5.10. The zero-order valence-electron chi connectivity index (χ0n) is 9.20. The lowest BCUT2D eigenvalue weighted by atomic mass is 9.93. The third kappa shape index (κ3) is 2.18. The fraction of sp³-hybridized carbons (Fsp3) is 0.833. The molecule has 1 fully saturated rings. The van der Waals surface area contributed by atoms with Crippen molar-refractivity contribution < 1.29 is 4.74 Å². The third-order valence-electron chi connectivity index (χ3n) is 3.56. The summed E-state index contributed by atoms with van der Waals surface area (Å²) < 4.78 is 5.10. The van der Waals surface area contributed by atoms with Gasteiger partial charge in [0, 0.05) is 13.2 Å². The Morgan fingerprint density at radius 1 is 1.43 bits per heavy atom. The maximum Gasteiger partial charge on any atom is 0.0613 e. The SMILES string of the molecule is COCC(C)NCC1CC2C=CC1C2. The average molecular weight is 195 g/mol. The van der Waals surface area contributed by atoms with Crippen LogP contribution in [-0.4, -0.2) is 26.3 Å². The Bertz CT molecular complexity index is 214. The molecule has 0 aromatic rings. The molecule has 0 amide bonds. The molecular weight excluding hydrogens is 174 g/mol. The summed E-state index contributed by atoms with van der Waals surface area (Å²) in [6.07, 6.45) is 7.63. The van der Waals surface area contributed by atoms with Crippen molar-refractivity contribution in [3.8, 4) is 0 Å². The van der Waals surface area contributed by atoms with E-state index in [9.17, 15) is 0 Å². The minimum Gasteiger partial charge on any atom is -0.383 e. The van der Waals surface area contributed by atoms with Crippen molar-refractivity contribution in [1.29, 1.82) is 0 Å². The predicted octanol–water partition coefficient (Wildman–Crippen LogP) is 1.82. The molecule has 0 aliphatic heterocycles. The number of ether oxygens (including phenoxy) is 1. The summed E-state index contributed by atoms with van der Waals surface area (Å²) in [4.78, 5) is 0. The highest BCUT2D eigenvalue weighted by molar-refractivity contribution is 5.10. The molecule has 4 unspecified atom stereocenters. The molecule has 0 spiro atoms. The molecule has 14 heavy (non-hydrogen) atoms. The van der Waals surface area contributed by atoms with Crippen molar-refractivity contribution in [1.82, 2.24) is 5.32 Å². The van der Waals surface area contributed by atoms with Crippen LogP contribution in [0.15, 0.2) is 12.2 Å². The van der Waals surface area contributed by atoms with Gasteiger partial charge in [0.05, 0.1) is 6.61 Å². The highest BCUT2D eigenvalue weighted by Crippen LogP contribution is 2.42. The van der Waals surface area contributed by atoms with Crippen LogP contribution >= 0.6 is 0 Å². The molecule has 1 N–H and O–H groups in total. The van der Waals surface area contributed by atoms with E-state index < -0.39 is 0 Å². The van der Waals surface area contributed by atoms with Crippen LogP contribution in [0, 0.1) is 17.8 Å². The summed E-state index contributed by atoms with van der Waals surface area (Å²) in [7, 11) is 1.76. The summed E-state index contributed by atoms with van der Waals surface area (Å²) in [5, 5.41) is 3.55. The second-order valence-electron chi connectivity index (χ2n) is 4.80. The molecule has 2 aliphatic carbocycles. The van der Waals surface area contributed by atoms with E-state index in [0.717, 1.165) is 30.9 Å². The Labute approximate surface area is 86.7 Å². The topological polar surface area (TPSA) is 21.3 Å². The summed E-state index contributed by atoms with van der Waals surface area (Å²) in [6.45, 7) is 4.17. The Morgan fingerprint density at radius 2 is 2.29 bits per heavy atom. The monoisotopic (exact) mass is 195 g/mol. The van der Waals surface area contributed by atoms with E-state index in [0.29, 0.717) is 6.04 Å². The van der Waals surface area contributed by atoms with E-state index in [2.05, 4.69) is 24.4 Å². The van der Waals surface area contributed by atoms with Crippen LogP contribution in [0.1, 0.15) is 19.8 Å². The number of allylic oxidation sites excluding steroid dienone is 2. The lowest BCUT2D eigenvalue weighted by Gasteiger charge is -2.21. The van der Waals surface area contributed by atoms with Gasteiger partial charge in [-0.1, -0.05) is 12.2 Å². The molecule has 2 nitrogen and oxygen atoms in total. The summed E-state index contributed by atoms with van der Waals surface area (Å²) in [6, 6.07) is 0.489. The number of fused-ring (bicyclic) bond motifs is 2. The molecule has 0 saturated heterocycles. The molecular formula is C12H21NO. The summed E-state index contributed by atoms with van der Waals surface area (Å²) in [5.74, 6) is 2.64. The van der Waals surface area contributed by atoms with Gasteiger partial charge in [-0.2, -0.15) is 0 Å². The second-order valence-corrected chi connectivity index (χ2v) is 4.80. The van der Waals surface area contributed by atoms with Crippen LogP contribution in [0.4, 0.5) is 0 Å². The maximum atomic E-state index is 5.10. The first kappa shape index (κ1) is 10.2. The molecule has 0 aromatic heterocycles. The van der Waals surface area contributed by atoms with Gasteiger partial charge in [0.2, 0.25) is 0 Å². The highest BCUT2D eigenvalue weighted by Gasteiger charge is 2.35. The van der Waals surface area contributed by atoms with E-state index in [1.807, 2.05) is 0 Å². The van der Waals surface area contributed by atoms with E-state index in [4.69, 9.17) is 4.74 Å². The number of hydrogen-bond donors (Lipinski definition) is 1. The normalized spacial score (nSPS) is 36.6. The fourth-order valence-corrected chi connectivity index (χ4v) is 2.79. The average Bonchev–Trinajstić information content (AvgIpc) is 2.76. The molecule has 0 radical (unpaired) electrons. The molecule has 1 saturated carbocycles. The summed E-state index contributed by atoms with van der Waals surface area (Å²) in [5.41, 5.74) is 0. The van der Waals surface area contributed by atoms with E-state index >= 15 is 0 Å². The van der Waals surface area contributed by atoms with Crippen molar-refractivity contribution >= 4 is 0 Å². The van der Waals surface area contributed by atoms with Gasteiger partial charge in [-0.05, 0) is 44.1 Å². The van der Waals surface area contributed by atoms with Crippen LogP contribution in [-0.2, 0) is 4.74 Å². The van der Waals surface area contributed by atoms with Crippen molar-refractivity contribution in [3.05, 3.63) is 12.2 Å². The minimum atomic E-state index is 0.489. The molecule has 2 bridgehead atoms. The molecule has 2 rings (SSSR count). The van der Waals surface area contributed by atoms with Gasteiger partial charge >= 0.3 is 0 Å². The number of nitrogens with one attached hydrogen (secondary N) is 1. The van der Waals surface area contributed by atoms with Gasteiger partial charge in [-0.25, -0.2) is 0 Å². The smallest absolute Gasteiger partial charge is 0.0613 e. The second kappa shape index (κ2) is 4.45. The van der Waals surface area contributed by atoms with Crippen molar-refractivity contribution in [2.45, 2.75) is 25.8 Å². The lowest BCUT2D eigenvalue weighted by Crippen LogP contribution is -2.35. The number of methoxy groups -OCH3 is 1. The van der Waals surface area contributed by atoms with Crippen molar-refractivity contribution in [2.75, 3.05) is 20.3 Å². The first-order chi connectivity index (χ1) is 6.79. The minimum absolute atomic E-state index is 0.489. The lowest BCUT2D eigenvalue weighted by molar-refractivity contribution is 0.169. The third-order valence-corrected chi connectivity index (χ3v) is 3.56. The Kier molecular flexibility index (Phi) is 3.24.